The molecule has 15 heavy (non-hydrogen) atoms. The summed E-state index contributed by atoms with van der Waals surface area (Å²) >= 11 is 0. The van der Waals surface area contributed by atoms with Crippen LogP contribution >= 0.6 is 0 Å². The lowest BCUT2D eigenvalue weighted by atomic mass is 10.0. The number of aryl methyl sites for hydroxylation is 1. The third kappa shape index (κ3) is 1.86. The summed E-state index contributed by atoms with van der Waals surface area (Å²) in [7, 11) is 0. The summed E-state index contributed by atoms with van der Waals surface area (Å²) in [5.41, 5.74) is 2.20. The summed E-state index contributed by atoms with van der Waals surface area (Å²) in [4.78, 5) is 0. The van der Waals surface area contributed by atoms with Crippen molar-refractivity contribution in [3.63, 3.8) is 0 Å². The Labute approximate surface area is 89.4 Å². The van der Waals surface area contributed by atoms with E-state index in [2.05, 4.69) is 37.0 Å². The zero-order valence-electron chi connectivity index (χ0n) is 8.62. The third-order valence-electron chi connectivity index (χ3n) is 2.42. The molecule has 0 saturated heterocycles. The molecule has 0 aliphatic heterocycles. The summed E-state index contributed by atoms with van der Waals surface area (Å²) in [5.74, 6) is 5.67. The topological polar surface area (TPSA) is 20.2 Å². The summed E-state index contributed by atoms with van der Waals surface area (Å²) in [6.45, 7) is 1.98. The minimum atomic E-state index is -0.0950. The Morgan fingerprint density at radius 1 is 1.13 bits per heavy atom. The van der Waals surface area contributed by atoms with Crippen molar-refractivity contribution in [3.8, 4) is 11.8 Å². The largest absolute Gasteiger partial charge is 0.384 e. The van der Waals surface area contributed by atoms with Crippen molar-refractivity contribution in [2.24, 2.45) is 0 Å². The molecule has 0 radical (unpaired) electrons. The lowest BCUT2D eigenvalue weighted by molar-refractivity contribution is 0.350. The zero-order chi connectivity index (χ0) is 10.7. The van der Waals surface area contributed by atoms with E-state index in [0.717, 1.165) is 5.56 Å². The SMILES string of the molecule is Cc1cccc2cccc(C#CCO)c12. The minimum absolute atomic E-state index is 0.0950. The van der Waals surface area contributed by atoms with Crippen molar-refractivity contribution in [1.82, 2.24) is 0 Å². The summed E-state index contributed by atoms with van der Waals surface area (Å²) in [6, 6.07) is 12.2. The van der Waals surface area contributed by atoms with Crippen molar-refractivity contribution >= 4 is 10.8 Å². The van der Waals surface area contributed by atoms with E-state index in [-0.39, 0.29) is 6.61 Å². The first-order valence-electron chi connectivity index (χ1n) is 4.91. The van der Waals surface area contributed by atoms with Crippen LogP contribution in [0.5, 0.6) is 0 Å². The van der Waals surface area contributed by atoms with E-state index >= 15 is 0 Å². The van der Waals surface area contributed by atoms with Gasteiger partial charge in [0.05, 0.1) is 0 Å². The molecule has 1 N–H and O–H groups in total. The molecule has 74 valence electrons. The molecule has 0 aliphatic carbocycles. The zero-order valence-corrected chi connectivity index (χ0v) is 8.62. The molecule has 0 aliphatic rings. The van der Waals surface area contributed by atoms with Gasteiger partial charge >= 0.3 is 0 Å². The van der Waals surface area contributed by atoms with Gasteiger partial charge in [-0.2, -0.15) is 0 Å². The molecule has 0 amide bonds. The van der Waals surface area contributed by atoms with Gasteiger partial charge in [0.25, 0.3) is 0 Å². The maximum atomic E-state index is 8.70. The Balaban J connectivity index is 2.74. The lowest BCUT2D eigenvalue weighted by Gasteiger charge is -2.03. The molecule has 0 saturated carbocycles. The molecule has 0 spiro atoms. The van der Waals surface area contributed by atoms with Crippen LogP contribution in [0.25, 0.3) is 10.8 Å². The molecule has 2 rings (SSSR count). The molecule has 2 aromatic carbocycles. The lowest BCUT2D eigenvalue weighted by Crippen LogP contribution is -1.84. The molecule has 0 fully saturated rings. The second kappa shape index (κ2) is 4.16. The van der Waals surface area contributed by atoms with Crippen molar-refractivity contribution in [2.45, 2.75) is 6.92 Å². The number of benzene rings is 2. The average Bonchev–Trinajstić information content (AvgIpc) is 2.26. The maximum absolute atomic E-state index is 8.70. The maximum Gasteiger partial charge on any atom is 0.104 e. The van der Waals surface area contributed by atoms with Crippen LogP contribution in [-0.4, -0.2) is 11.7 Å². The van der Waals surface area contributed by atoms with Gasteiger partial charge in [-0.1, -0.05) is 42.2 Å². The van der Waals surface area contributed by atoms with Crippen LogP contribution < -0.4 is 0 Å². The van der Waals surface area contributed by atoms with Gasteiger partial charge in [-0.25, -0.2) is 0 Å². The van der Waals surface area contributed by atoms with Crippen LogP contribution in [0.3, 0.4) is 0 Å². The van der Waals surface area contributed by atoms with Crippen LogP contribution in [0.4, 0.5) is 0 Å². The van der Waals surface area contributed by atoms with Gasteiger partial charge in [-0.3, -0.25) is 0 Å². The predicted molar refractivity (Wildman–Crippen MR) is 62.6 cm³/mol. The number of hydrogen-bond donors (Lipinski definition) is 1. The molecular formula is C14H12O. The van der Waals surface area contributed by atoms with E-state index in [1.54, 1.807) is 0 Å². The number of hydrogen-bond acceptors (Lipinski definition) is 1. The van der Waals surface area contributed by atoms with E-state index in [9.17, 15) is 0 Å². The van der Waals surface area contributed by atoms with Crippen molar-refractivity contribution in [3.05, 3.63) is 47.5 Å². The quantitative estimate of drug-likeness (QED) is 0.642. The van der Waals surface area contributed by atoms with Crippen molar-refractivity contribution in [2.75, 3.05) is 6.61 Å². The normalized spacial score (nSPS) is 9.73. The Morgan fingerprint density at radius 3 is 2.60 bits per heavy atom. The number of aliphatic hydroxyl groups excluding tert-OH is 1. The molecular weight excluding hydrogens is 184 g/mol. The molecule has 0 bridgehead atoms. The number of aliphatic hydroxyl groups is 1. The van der Waals surface area contributed by atoms with Crippen molar-refractivity contribution < 1.29 is 5.11 Å². The van der Waals surface area contributed by atoms with Crippen LogP contribution in [0.15, 0.2) is 36.4 Å². The fourth-order valence-corrected chi connectivity index (χ4v) is 1.77. The first-order chi connectivity index (χ1) is 7.33. The summed E-state index contributed by atoms with van der Waals surface area (Å²) < 4.78 is 0. The molecule has 1 heteroatoms. The molecule has 0 aromatic heterocycles. The average molecular weight is 196 g/mol. The predicted octanol–water partition coefficient (Wildman–Crippen LogP) is 2.49. The summed E-state index contributed by atoms with van der Waals surface area (Å²) in [5, 5.41) is 11.1. The van der Waals surface area contributed by atoms with E-state index in [1.807, 2.05) is 18.2 Å². The third-order valence-corrected chi connectivity index (χ3v) is 2.42. The molecule has 0 unspecified atom stereocenters. The highest BCUT2D eigenvalue weighted by atomic mass is 16.2. The smallest absolute Gasteiger partial charge is 0.104 e. The fourth-order valence-electron chi connectivity index (χ4n) is 1.77. The van der Waals surface area contributed by atoms with E-state index in [4.69, 9.17) is 5.11 Å². The Morgan fingerprint density at radius 2 is 1.87 bits per heavy atom. The summed E-state index contributed by atoms with van der Waals surface area (Å²) in [6.07, 6.45) is 0. The van der Waals surface area contributed by atoms with E-state index < -0.39 is 0 Å². The molecule has 2 aromatic rings. The highest BCUT2D eigenvalue weighted by molar-refractivity contribution is 5.90. The van der Waals surface area contributed by atoms with E-state index in [1.165, 1.54) is 16.3 Å². The van der Waals surface area contributed by atoms with E-state index in [0.29, 0.717) is 0 Å². The molecule has 0 heterocycles. The Bertz CT molecular complexity index is 539. The van der Waals surface area contributed by atoms with Gasteiger partial charge in [-0.05, 0) is 23.9 Å². The van der Waals surface area contributed by atoms with Crippen LogP contribution in [0.2, 0.25) is 0 Å². The first kappa shape index (κ1) is 9.76. The fraction of sp³-hybridized carbons (Fsp3) is 0.143. The van der Waals surface area contributed by atoms with Gasteiger partial charge in [0, 0.05) is 10.9 Å². The Hall–Kier alpha value is -1.78. The molecule has 1 nitrogen and oxygen atoms in total. The van der Waals surface area contributed by atoms with Gasteiger partial charge in [0.1, 0.15) is 6.61 Å². The van der Waals surface area contributed by atoms with Crippen LogP contribution in [-0.2, 0) is 0 Å². The monoisotopic (exact) mass is 196 g/mol. The number of fused-ring (bicyclic) bond motifs is 1. The number of rotatable bonds is 0. The molecule has 0 atom stereocenters. The van der Waals surface area contributed by atoms with Gasteiger partial charge < -0.3 is 5.11 Å². The van der Waals surface area contributed by atoms with Crippen LogP contribution in [0, 0.1) is 18.8 Å². The van der Waals surface area contributed by atoms with Gasteiger partial charge in [0.15, 0.2) is 0 Å². The highest BCUT2D eigenvalue weighted by Crippen LogP contribution is 2.21. The minimum Gasteiger partial charge on any atom is -0.384 e. The van der Waals surface area contributed by atoms with Gasteiger partial charge in [0.2, 0.25) is 0 Å². The second-order valence-electron chi connectivity index (χ2n) is 3.44. The Kier molecular flexibility index (Phi) is 2.71. The second-order valence-corrected chi connectivity index (χ2v) is 3.44. The first-order valence-corrected chi connectivity index (χ1v) is 4.91. The highest BCUT2D eigenvalue weighted by Gasteiger charge is 2.00. The standard InChI is InChI=1S/C14H12O/c1-11-5-2-6-12-7-3-8-13(14(11)12)9-4-10-15/h2-3,5-8,15H,10H2,1H3. The van der Waals surface area contributed by atoms with Crippen molar-refractivity contribution in [1.29, 1.82) is 0 Å². The van der Waals surface area contributed by atoms with Crippen LogP contribution in [0.1, 0.15) is 11.1 Å². The van der Waals surface area contributed by atoms with Gasteiger partial charge in [-0.15, -0.1) is 0 Å².